The zero-order valence-corrected chi connectivity index (χ0v) is 13.0. The van der Waals surface area contributed by atoms with Crippen LogP contribution in [0.1, 0.15) is 21.5 Å². The van der Waals surface area contributed by atoms with Crippen molar-refractivity contribution in [2.75, 3.05) is 11.1 Å². The van der Waals surface area contributed by atoms with Crippen molar-refractivity contribution >= 4 is 39.9 Å². The van der Waals surface area contributed by atoms with E-state index in [1.807, 2.05) is 50.2 Å². The van der Waals surface area contributed by atoms with Crippen molar-refractivity contribution in [3.63, 3.8) is 0 Å². The van der Waals surface area contributed by atoms with E-state index < -0.39 is 0 Å². The average Bonchev–Trinajstić information content (AvgIpc) is 2.36. The van der Waals surface area contributed by atoms with Crippen molar-refractivity contribution in [1.29, 1.82) is 0 Å². The molecule has 2 rings (SSSR count). The molecule has 0 aliphatic carbocycles. The van der Waals surface area contributed by atoms with Crippen molar-refractivity contribution in [3.05, 3.63) is 56.7 Å². The average molecular weight is 366 g/mol. The van der Waals surface area contributed by atoms with Gasteiger partial charge in [0.15, 0.2) is 0 Å². The van der Waals surface area contributed by atoms with Crippen molar-refractivity contribution in [3.8, 4) is 0 Å². The lowest BCUT2D eigenvalue weighted by Gasteiger charge is -2.11. The highest BCUT2D eigenvalue weighted by atomic mass is 127. The van der Waals surface area contributed by atoms with Crippen LogP contribution < -0.4 is 11.1 Å². The maximum absolute atomic E-state index is 12.3. The zero-order valence-electron chi connectivity index (χ0n) is 10.8. The summed E-state index contributed by atoms with van der Waals surface area (Å²) in [6.07, 6.45) is 0. The Morgan fingerprint density at radius 2 is 1.95 bits per heavy atom. The largest absolute Gasteiger partial charge is 0.397 e. The Hall–Kier alpha value is -1.56. The minimum absolute atomic E-state index is 0.136. The lowest BCUT2D eigenvalue weighted by Crippen LogP contribution is -2.15. The number of nitrogen functional groups attached to an aromatic ring is 1. The van der Waals surface area contributed by atoms with Crippen LogP contribution in [0.15, 0.2) is 36.4 Å². The van der Waals surface area contributed by atoms with Gasteiger partial charge in [0.1, 0.15) is 0 Å². The summed E-state index contributed by atoms with van der Waals surface area (Å²) in [4.78, 5) is 12.3. The summed E-state index contributed by atoms with van der Waals surface area (Å²) in [6, 6.07) is 11.3. The molecule has 0 aliphatic heterocycles. The Balaban J connectivity index is 2.28. The summed E-state index contributed by atoms with van der Waals surface area (Å²) in [5.41, 5.74) is 9.95. The fraction of sp³-hybridized carbons (Fsp3) is 0.133. The molecule has 1 amide bonds. The predicted octanol–water partition coefficient (Wildman–Crippen LogP) is 3.74. The highest BCUT2D eigenvalue weighted by molar-refractivity contribution is 14.1. The second kappa shape index (κ2) is 5.61. The van der Waals surface area contributed by atoms with Gasteiger partial charge in [-0.1, -0.05) is 18.2 Å². The number of nitrogens with one attached hydrogen (secondary N) is 1. The second-order valence-corrected chi connectivity index (χ2v) is 5.56. The number of nitrogens with two attached hydrogens (primary N) is 1. The van der Waals surface area contributed by atoms with Gasteiger partial charge in [-0.15, -0.1) is 0 Å². The number of hydrogen-bond donors (Lipinski definition) is 2. The van der Waals surface area contributed by atoms with Gasteiger partial charge in [0, 0.05) is 3.57 Å². The maximum Gasteiger partial charge on any atom is 0.256 e. The molecule has 0 aromatic heterocycles. The first kappa shape index (κ1) is 13.9. The number of anilines is 2. The molecule has 0 saturated heterocycles. The lowest BCUT2D eigenvalue weighted by molar-refractivity contribution is 0.102. The summed E-state index contributed by atoms with van der Waals surface area (Å²) in [6.45, 7) is 3.95. The van der Waals surface area contributed by atoms with Crippen LogP contribution in [0.3, 0.4) is 0 Å². The van der Waals surface area contributed by atoms with Gasteiger partial charge in [0.25, 0.3) is 5.91 Å². The summed E-state index contributed by atoms with van der Waals surface area (Å²) in [5.74, 6) is -0.136. The Bertz CT molecular complexity index is 638. The number of aryl methyl sites for hydroxylation is 2. The smallest absolute Gasteiger partial charge is 0.256 e. The van der Waals surface area contributed by atoms with Crippen molar-refractivity contribution in [1.82, 2.24) is 0 Å². The van der Waals surface area contributed by atoms with Crippen LogP contribution in [0.2, 0.25) is 0 Å². The van der Waals surface area contributed by atoms with E-state index in [1.54, 1.807) is 0 Å². The lowest BCUT2D eigenvalue weighted by atomic mass is 10.1. The van der Waals surface area contributed by atoms with Crippen LogP contribution in [0.25, 0.3) is 0 Å². The van der Waals surface area contributed by atoms with Crippen LogP contribution in [-0.2, 0) is 0 Å². The number of rotatable bonds is 2. The number of amides is 1. The normalized spacial score (nSPS) is 10.3. The van der Waals surface area contributed by atoms with Gasteiger partial charge in [0.05, 0.1) is 16.9 Å². The zero-order chi connectivity index (χ0) is 14.0. The highest BCUT2D eigenvalue weighted by Crippen LogP contribution is 2.22. The van der Waals surface area contributed by atoms with E-state index in [0.29, 0.717) is 16.9 Å². The highest BCUT2D eigenvalue weighted by Gasteiger charge is 2.12. The number of carbonyl (C=O) groups is 1. The number of benzene rings is 2. The van der Waals surface area contributed by atoms with E-state index in [2.05, 4.69) is 27.9 Å². The molecular formula is C15H15IN2O. The van der Waals surface area contributed by atoms with E-state index in [-0.39, 0.29) is 5.91 Å². The van der Waals surface area contributed by atoms with Crippen molar-refractivity contribution < 1.29 is 4.79 Å². The first-order chi connectivity index (χ1) is 8.99. The molecule has 98 valence electrons. The predicted molar refractivity (Wildman–Crippen MR) is 87.4 cm³/mol. The van der Waals surface area contributed by atoms with Gasteiger partial charge in [0.2, 0.25) is 0 Å². The molecule has 19 heavy (non-hydrogen) atoms. The quantitative estimate of drug-likeness (QED) is 0.629. The van der Waals surface area contributed by atoms with Crippen LogP contribution in [0.5, 0.6) is 0 Å². The molecule has 0 radical (unpaired) electrons. The minimum Gasteiger partial charge on any atom is -0.397 e. The minimum atomic E-state index is -0.136. The molecule has 0 unspecified atom stereocenters. The van der Waals surface area contributed by atoms with Gasteiger partial charge in [-0.2, -0.15) is 0 Å². The standard InChI is InChI=1S/C15H15IN2O/c1-9-6-7-13(12(17)8-9)18-15(19)11-5-3-4-10(2)14(11)16/h3-8H,17H2,1-2H3,(H,18,19). The van der Waals surface area contributed by atoms with Crippen LogP contribution >= 0.6 is 22.6 Å². The van der Waals surface area contributed by atoms with Gasteiger partial charge in [-0.3, -0.25) is 4.79 Å². The van der Waals surface area contributed by atoms with E-state index in [0.717, 1.165) is 14.7 Å². The fourth-order valence-electron chi connectivity index (χ4n) is 1.81. The third-order valence-corrected chi connectivity index (χ3v) is 4.32. The molecule has 0 bridgehead atoms. The first-order valence-corrected chi connectivity index (χ1v) is 6.99. The molecule has 3 nitrogen and oxygen atoms in total. The Kier molecular flexibility index (Phi) is 4.09. The Morgan fingerprint density at radius 1 is 1.21 bits per heavy atom. The number of carbonyl (C=O) groups excluding carboxylic acids is 1. The fourth-order valence-corrected chi connectivity index (χ4v) is 2.41. The van der Waals surface area contributed by atoms with Crippen molar-refractivity contribution in [2.45, 2.75) is 13.8 Å². The van der Waals surface area contributed by atoms with E-state index in [9.17, 15) is 4.79 Å². The maximum atomic E-state index is 12.3. The Labute approximate surface area is 126 Å². The number of hydrogen-bond acceptors (Lipinski definition) is 2. The first-order valence-electron chi connectivity index (χ1n) is 5.91. The van der Waals surface area contributed by atoms with E-state index in [1.165, 1.54) is 0 Å². The van der Waals surface area contributed by atoms with Gasteiger partial charge in [-0.05, 0) is 65.8 Å². The monoisotopic (exact) mass is 366 g/mol. The van der Waals surface area contributed by atoms with E-state index >= 15 is 0 Å². The van der Waals surface area contributed by atoms with Gasteiger partial charge >= 0.3 is 0 Å². The summed E-state index contributed by atoms with van der Waals surface area (Å²) < 4.78 is 0.961. The summed E-state index contributed by atoms with van der Waals surface area (Å²) in [7, 11) is 0. The molecule has 3 N–H and O–H groups in total. The third kappa shape index (κ3) is 3.07. The molecule has 2 aromatic rings. The molecule has 0 spiro atoms. The van der Waals surface area contributed by atoms with Crippen molar-refractivity contribution in [2.24, 2.45) is 0 Å². The summed E-state index contributed by atoms with van der Waals surface area (Å²) in [5, 5.41) is 2.85. The third-order valence-electron chi connectivity index (χ3n) is 2.89. The SMILES string of the molecule is Cc1ccc(NC(=O)c2cccc(C)c2I)c(N)c1. The molecule has 0 saturated carbocycles. The van der Waals surface area contributed by atoms with Crippen LogP contribution in [0.4, 0.5) is 11.4 Å². The van der Waals surface area contributed by atoms with Gasteiger partial charge < -0.3 is 11.1 Å². The van der Waals surface area contributed by atoms with Gasteiger partial charge in [-0.25, -0.2) is 0 Å². The Morgan fingerprint density at radius 3 is 2.63 bits per heavy atom. The summed E-state index contributed by atoms with van der Waals surface area (Å²) >= 11 is 2.18. The van der Waals surface area contributed by atoms with Crippen LogP contribution in [0, 0.1) is 17.4 Å². The number of halogens is 1. The molecule has 0 fully saturated rings. The molecule has 0 atom stereocenters. The molecule has 0 heterocycles. The molecular weight excluding hydrogens is 351 g/mol. The molecule has 4 heteroatoms. The molecule has 2 aromatic carbocycles. The molecule has 0 aliphatic rings. The van der Waals surface area contributed by atoms with Crippen LogP contribution in [-0.4, -0.2) is 5.91 Å². The topological polar surface area (TPSA) is 55.1 Å². The van der Waals surface area contributed by atoms with E-state index in [4.69, 9.17) is 5.73 Å². The second-order valence-electron chi connectivity index (χ2n) is 4.48.